The third kappa shape index (κ3) is 6.02. The zero-order chi connectivity index (χ0) is 21.7. The minimum Gasteiger partial charge on any atom is -0.457 e. The molecule has 2 nitrogen and oxygen atoms in total. The van der Waals surface area contributed by atoms with Crippen molar-refractivity contribution in [1.29, 1.82) is 0 Å². The van der Waals surface area contributed by atoms with E-state index in [2.05, 4.69) is 26.0 Å². The Bertz CT molecular complexity index is 1010. The van der Waals surface area contributed by atoms with Crippen LogP contribution in [0.4, 0.5) is 4.39 Å². The van der Waals surface area contributed by atoms with Gasteiger partial charge >= 0.3 is 0 Å². The van der Waals surface area contributed by atoms with Gasteiger partial charge in [-0.2, -0.15) is 0 Å². The summed E-state index contributed by atoms with van der Waals surface area (Å²) in [5, 5.41) is 0. The molecule has 0 aromatic heterocycles. The number of hydrogen-bond donors (Lipinski definition) is 0. The largest absolute Gasteiger partial charge is 0.457 e. The Morgan fingerprint density at radius 3 is 2.23 bits per heavy atom. The lowest BCUT2D eigenvalue weighted by atomic mass is 9.80. The predicted molar refractivity (Wildman–Crippen MR) is 122 cm³/mol. The van der Waals surface area contributed by atoms with Crippen molar-refractivity contribution in [2.45, 2.75) is 50.3 Å². The van der Waals surface area contributed by atoms with Gasteiger partial charge in [-0.25, -0.2) is 4.39 Å². The molecule has 0 radical (unpaired) electrons. The summed E-state index contributed by atoms with van der Waals surface area (Å²) in [6.07, 6.45) is 4.37. The number of rotatable bonds is 8. The van der Waals surface area contributed by atoms with Gasteiger partial charge in [0.1, 0.15) is 17.3 Å². The van der Waals surface area contributed by atoms with E-state index in [1.165, 1.54) is 11.6 Å². The fourth-order valence-corrected chi connectivity index (χ4v) is 4.06. The third-order valence-corrected chi connectivity index (χ3v) is 6.36. The molecule has 0 aliphatic rings. The SMILES string of the molecule is Cc1ccc(Oc2cc(F)cc(CCCC(C)(C)c3ccc(S(C)=O)cc3)c2)cc1. The summed E-state index contributed by atoms with van der Waals surface area (Å²) < 4.78 is 31.5. The molecule has 0 bridgehead atoms. The number of benzene rings is 3. The van der Waals surface area contributed by atoms with Crippen LogP contribution in [0.5, 0.6) is 11.5 Å². The molecule has 4 heteroatoms. The smallest absolute Gasteiger partial charge is 0.130 e. The quantitative estimate of drug-likeness (QED) is 0.390. The average molecular weight is 425 g/mol. The molecule has 3 rings (SSSR count). The third-order valence-electron chi connectivity index (χ3n) is 5.42. The van der Waals surface area contributed by atoms with Crippen molar-refractivity contribution < 1.29 is 13.3 Å². The zero-order valence-electron chi connectivity index (χ0n) is 18.1. The Morgan fingerprint density at radius 2 is 1.60 bits per heavy atom. The first kappa shape index (κ1) is 22.2. The van der Waals surface area contributed by atoms with Gasteiger partial charge in [-0.3, -0.25) is 4.21 Å². The van der Waals surface area contributed by atoms with Crippen LogP contribution in [-0.4, -0.2) is 10.5 Å². The fraction of sp³-hybridized carbons (Fsp3) is 0.308. The summed E-state index contributed by atoms with van der Waals surface area (Å²) in [6, 6.07) is 20.7. The zero-order valence-corrected chi connectivity index (χ0v) is 18.9. The first-order chi connectivity index (χ1) is 14.2. The summed E-state index contributed by atoms with van der Waals surface area (Å²) >= 11 is 0. The van der Waals surface area contributed by atoms with E-state index in [1.54, 1.807) is 12.3 Å². The monoisotopic (exact) mass is 424 g/mol. The Balaban J connectivity index is 1.62. The van der Waals surface area contributed by atoms with Crippen LogP contribution in [0.15, 0.2) is 71.6 Å². The molecule has 0 aliphatic carbocycles. The molecule has 0 N–H and O–H groups in total. The molecule has 0 saturated carbocycles. The molecular formula is C26H29FO2S. The molecule has 3 aromatic rings. The van der Waals surface area contributed by atoms with Gasteiger partial charge in [0.15, 0.2) is 0 Å². The van der Waals surface area contributed by atoms with E-state index in [4.69, 9.17) is 4.74 Å². The lowest BCUT2D eigenvalue weighted by Crippen LogP contribution is -2.17. The molecule has 1 unspecified atom stereocenters. The standard InChI is InChI=1S/C26H29FO2S/c1-19-7-11-23(12-8-19)29-24-17-20(16-22(27)18-24)6-5-15-26(2,3)21-9-13-25(14-10-21)30(4)28/h7-14,16-18H,5-6,15H2,1-4H3. The van der Waals surface area contributed by atoms with Gasteiger partial charge in [0.25, 0.3) is 0 Å². The molecule has 0 aliphatic heterocycles. The van der Waals surface area contributed by atoms with Gasteiger partial charge in [0.2, 0.25) is 0 Å². The topological polar surface area (TPSA) is 26.3 Å². The summed E-state index contributed by atoms with van der Waals surface area (Å²) in [4.78, 5) is 0.843. The number of aryl methyl sites for hydroxylation is 2. The van der Waals surface area contributed by atoms with E-state index < -0.39 is 10.8 Å². The summed E-state index contributed by atoms with van der Waals surface area (Å²) in [7, 11) is -0.962. The van der Waals surface area contributed by atoms with Crippen LogP contribution >= 0.6 is 0 Å². The lowest BCUT2D eigenvalue weighted by molar-refractivity contribution is 0.458. The maximum Gasteiger partial charge on any atom is 0.130 e. The van der Waals surface area contributed by atoms with Gasteiger partial charge in [-0.05, 0) is 79.1 Å². The van der Waals surface area contributed by atoms with Gasteiger partial charge < -0.3 is 4.74 Å². The van der Waals surface area contributed by atoms with Gasteiger partial charge in [-0.15, -0.1) is 0 Å². The maximum atomic E-state index is 14.1. The molecular weight excluding hydrogens is 395 g/mol. The van der Waals surface area contributed by atoms with Crippen molar-refractivity contribution in [3.8, 4) is 11.5 Å². The van der Waals surface area contributed by atoms with Crippen LogP contribution in [0.25, 0.3) is 0 Å². The van der Waals surface area contributed by atoms with E-state index in [0.717, 1.165) is 35.3 Å². The van der Waals surface area contributed by atoms with Crippen LogP contribution in [-0.2, 0) is 22.6 Å². The van der Waals surface area contributed by atoms with Crippen molar-refractivity contribution in [2.75, 3.05) is 6.26 Å². The molecule has 0 fully saturated rings. The van der Waals surface area contributed by atoms with Crippen LogP contribution in [0, 0.1) is 12.7 Å². The van der Waals surface area contributed by atoms with E-state index in [0.29, 0.717) is 11.5 Å². The van der Waals surface area contributed by atoms with E-state index >= 15 is 0 Å². The minimum atomic E-state index is -0.962. The number of ether oxygens (including phenoxy) is 1. The highest BCUT2D eigenvalue weighted by molar-refractivity contribution is 7.84. The second-order valence-corrected chi connectivity index (χ2v) is 9.81. The van der Waals surface area contributed by atoms with Crippen molar-refractivity contribution in [3.63, 3.8) is 0 Å². The molecule has 0 saturated heterocycles. The van der Waals surface area contributed by atoms with Gasteiger partial charge in [-0.1, -0.05) is 43.7 Å². The maximum absolute atomic E-state index is 14.1. The van der Waals surface area contributed by atoms with Crippen LogP contribution in [0.3, 0.4) is 0 Å². The Kier molecular flexibility index (Phi) is 7.09. The van der Waals surface area contributed by atoms with Crippen molar-refractivity contribution in [3.05, 3.63) is 89.2 Å². The molecule has 0 amide bonds. The summed E-state index contributed by atoms with van der Waals surface area (Å²) in [5.41, 5.74) is 3.30. The Labute approximate surface area is 181 Å². The van der Waals surface area contributed by atoms with Crippen LogP contribution < -0.4 is 4.74 Å². The Morgan fingerprint density at radius 1 is 0.933 bits per heavy atom. The first-order valence-corrected chi connectivity index (χ1v) is 11.8. The summed E-state index contributed by atoms with van der Waals surface area (Å²) in [5.74, 6) is 0.947. The summed E-state index contributed by atoms with van der Waals surface area (Å²) in [6.45, 7) is 6.44. The van der Waals surface area contributed by atoms with E-state index in [-0.39, 0.29) is 11.2 Å². The highest BCUT2D eigenvalue weighted by Gasteiger charge is 2.20. The van der Waals surface area contributed by atoms with Crippen LogP contribution in [0.1, 0.15) is 43.4 Å². The molecule has 1 atom stereocenters. The fourth-order valence-electron chi connectivity index (χ4n) is 3.54. The second-order valence-electron chi connectivity index (χ2n) is 8.43. The highest BCUT2D eigenvalue weighted by atomic mass is 32.2. The number of halogens is 1. The molecule has 0 spiro atoms. The first-order valence-electron chi connectivity index (χ1n) is 10.2. The van der Waals surface area contributed by atoms with Crippen molar-refractivity contribution in [1.82, 2.24) is 0 Å². The molecule has 3 aromatic carbocycles. The molecule has 158 valence electrons. The molecule has 0 heterocycles. The highest BCUT2D eigenvalue weighted by Crippen LogP contribution is 2.30. The second kappa shape index (κ2) is 9.57. The predicted octanol–water partition coefficient (Wildman–Crippen LogP) is 6.96. The van der Waals surface area contributed by atoms with Crippen molar-refractivity contribution in [2.24, 2.45) is 0 Å². The van der Waals surface area contributed by atoms with E-state index in [1.807, 2.05) is 49.4 Å². The lowest BCUT2D eigenvalue weighted by Gasteiger charge is -2.25. The van der Waals surface area contributed by atoms with E-state index in [9.17, 15) is 8.60 Å². The normalized spacial score (nSPS) is 12.6. The van der Waals surface area contributed by atoms with Crippen LogP contribution in [0.2, 0.25) is 0 Å². The molecule has 30 heavy (non-hydrogen) atoms. The average Bonchev–Trinajstić information content (AvgIpc) is 2.69. The van der Waals surface area contributed by atoms with Crippen molar-refractivity contribution >= 4 is 10.8 Å². The Hall–Kier alpha value is -2.46. The van der Waals surface area contributed by atoms with Gasteiger partial charge in [0.05, 0.1) is 0 Å². The number of hydrogen-bond acceptors (Lipinski definition) is 2. The minimum absolute atomic E-state index is 0.0116. The van der Waals surface area contributed by atoms with Gasteiger partial charge in [0, 0.05) is 28.0 Å².